The van der Waals surface area contributed by atoms with Crippen LogP contribution in [0, 0.1) is 0 Å². The van der Waals surface area contributed by atoms with E-state index < -0.39 is 0 Å². The minimum absolute atomic E-state index is 0.170. The van der Waals surface area contributed by atoms with Gasteiger partial charge in [0.2, 0.25) is 0 Å². The summed E-state index contributed by atoms with van der Waals surface area (Å²) in [4.78, 5) is 3.36. The third kappa shape index (κ3) is 5.07. The maximum Gasteiger partial charge on any atom is 0.142 e. The monoisotopic (exact) mass is 702 g/mol. The zero-order valence-corrected chi connectivity index (χ0v) is 29.5. The molecule has 0 amide bonds. The van der Waals surface area contributed by atoms with E-state index in [1.54, 1.807) is 22.7 Å². The van der Waals surface area contributed by atoms with Crippen molar-refractivity contribution in [3.05, 3.63) is 170 Å². The molecule has 0 bridgehead atoms. The van der Waals surface area contributed by atoms with Crippen LogP contribution in [0.3, 0.4) is 0 Å². The summed E-state index contributed by atoms with van der Waals surface area (Å²) in [5, 5.41) is 34.2. The van der Waals surface area contributed by atoms with E-state index >= 15 is 0 Å². The maximum atomic E-state index is 12.6. The Balaban J connectivity index is 1.28. The lowest BCUT2D eigenvalue weighted by Gasteiger charge is -2.10. The summed E-state index contributed by atoms with van der Waals surface area (Å²) in [6.45, 7) is 0. The van der Waals surface area contributed by atoms with Crippen LogP contribution in [-0.4, -0.2) is 10.2 Å². The van der Waals surface area contributed by atoms with Crippen molar-refractivity contribution in [3.63, 3.8) is 0 Å². The molecule has 2 heterocycles. The van der Waals surface area contributed by atoms with Crippen LogP contribution in [-0.2, 0) is 0 Å². The molecule has 10 aromatic rings. The molecule has 0 atom stereocenters. The van der Waals surface area contributed by atoms with Crippen LogP contribution < -0.4 is 0 Å². The van der Waals surface area contributed by atoms with Gasteiger partial charge in [0.05, 0.1) is 9.75 Å². The molecule has 0 radical (unpaired) electrons. The molecule has 2 nitrogen and oxygen atoms in total. The number of hydrogen-bond acceptors (Lipinski definition) is 4. The molecule has 4 heteroatoms. The van der Waals surface area contributed by atoms with Crippen molar-refractivity contribution in [1.29, 1.82) is 0 Å². The predicted octanol–water partition coefficient (Wildman–Crippen LogP) is 14.2. The fourth-order valence-corrected chi connectivity index (χ4v) is 9.82. The fraction of sp³-hybridized carbons (Fsp3) is 0. The molecule has 0 fully saturated rings. The SMILES string of the molecule is Oc1c(-c2ccc3ccccc3c2)sc(-c2ccc3ccccc3c2)c1-c1c(-c2ccc3ccccc3c2)sc(-c2ccc3ccccc3c2)c1O. The van der Waals surface area contributed by atoms with E-state index in [0.29, 0.717) is 11.1 Å². The number of aromatic hydroxyl groups is 2. The lowest BCUT2D eigenvalue weighted by Crippen LogP contribution is -1.84. The molecule has 0 unspecified atom stereocenters. The molecule has 246 valence electrons. The van der Waals surface area contributed by atoms with E-state index in [9.17, 15) is 10.2 Å². The molecule has 0 saturated heterocycles. The van der Waals surface area contributed by atoms with Gasteiger partial charge in [-0.2, -0.15) is 0 Å². The average Bonchev–Trinajstić information content (AvgIpc) is 3.72. The summed E-state index contributed by atoms with van der Waals surface area (Å²) >= 11 is 3.14. The first-order valence-electron chi connectivity index (χ1n) is 17.3. The first kappa shape index (κ1) is 30.6. The summed E-state index contributed by atoms with van der Waals surface area (Å²) < 4.78 is 0. The van der Waals surface area contributed by atoms with Gasteiger partial charge in [-0.25, -0.2) is 0 Å². The zero-order chi connectivity index (χ0) is 34.8. The quantitative estimate of drug-likeness (QED) is 0.187. The van der Waals surface area contributed by atoms with Crippen LogP contribution in [0.25, 0.3) is 96.0 Å². The highest BCUT2D eigenvalue weighted by Crippen LogP contribution is 2.60. The number of rotatable bonds is 5. The fourth-order valence-electron chi connectivity index (χ4n) is 7.43. The molecule has 52 heavy (non-hydrogen) atoms. The van der Waals surface area contributed by atoms with E-state index in [1.165, 1.54) is 0 Å². The summed E-state index contributed by atoms with van der Waals surface area (Å²) in [7, 11) is 0. The average molecular weight is 703 g/mol. The first-order chi connectivity index (χ1) is 25.6. The predicted molar refractivity (Wildman–Crippen MR) is 223 cm³/mol. The third-order valence-electron chi connectivity index (χ3n) is 10.1. The summed E-state index contributed by atoms with van der Waals surface area (Å²) in [5.74, 6) is 0.340. The smallest absolute Gasteiger partial charge is 0.142 e. The largest absolute Gasteiger partial charge is 0.506 e. The van der Waals surface area contributed by atoms with Gasteiger partial charge in [0.15, 0.2) is 0 Å². The van der Waals surface area contributed by atoms with Gasteiger partial charge in [-0.3, -0.25) is 0 Å². The van der Waals surface area contributed by atoms with Crippen LogP contribution in [0.1, 0.15) is 0 Å². The Bertz CT molecular complexity index is 2800. The highest BCUT2D eigenvalue weighted by Gasteiger charge is 2.30. The maximum absolute atomic E-state index is 12.6. The lowest BCUT2D eigenvalue weighted by atomic mass is 9.94. The van der Waals surface area contributed by atoms with Crippen LogP contribution in [0.2, 0.25) is 0 Å². The molecular formula is C48H30O2S2. The van der Waals surface area contributed by atoms with E-state index in [4.69, 9.17) is 0 Å². The minimum Gasteiger partial charge on any atom is -0.506 e. The van der Waals surface area contributed by atoms with Crippen LogP contribution in [0.5, 0.6) is 11.5 Å². The number of fused-ring (bicyclic) bond motifs is 4. The number of thiophene rings is 2. The summed E-state index contributed by atoms with van der Waals surface area (Å²) in [5.41, 5.74) is 5.14. The molecule has 2 N–H and O–H groups in total. The standard InChI is InChI=1S/C48H30O2S2/c49-43-41(45(37-21-17-29-9-1-5-13-33(29)25-37)51-47(43)39-23-19-31-11-3-7-15-35(31)27-39)42-44(50)48(40-24-20-32-12-4-8-16-36(32)28-40)52-46(42)38-22-18-30-10-2-6-14-34(30)26-38/h1-28,49-50H. The summed E-state index contributed by atoms with van der Waals surface area (Å²) in [6, 6.07) is 58.9. The Kier molecular flexibility index (Phi) is 7.20. The van der Waals surface area contributed by atoms with Gasteiger partial charge in [0, 0.05) is 20.9 Å². The van der Waals surface area contributed by atoms with Crippen molar-refractivity contribution < 1.29 is 10.2 Å². The molecule has 0 saturated carbocycles. The Morgan fingerprint density at radius 1 is 0.269 bits per heavy atom. The lowest BCUT2D eigenvalue weighted by molar-refractivity contribution is 0.474. The zero-order valence-electron chi connectivity index (χ0n) is 27.9. The molecular weight excluding hydrogens is 673 g/mol. The van der Waals surface area contributed by atoms with Crippen molar-refractivity contribution >= 4 is 65.8 Å². The highest BCUT2D eigenvalue weighted by molar-refractivity contribution is 7.21. The van der Waals surface area contributed by atoms with Crippen molar-refractivity contribution in [3.8, 4) is 64.4 Å². The van der Waals surface area contributed by atoms with Crippen molar-refractivity contribution in [2.75, 3.05) is 0 Å². The minimum atomic E-state index is 0.170. The molecule has 2 aromatic heterocycles. The van der Waals surface area contributed by atoms with Gasteiger partial charge in [0.1, 0.15) is 11.5 Å². The van der Waals surface area contributed by atoms with Crippen LogP contribution in [0.15, 0.2) is 170 Å². The summed E-state index contributed by atoms with van der Waals surface area (Å²) in [6.07, 6.45) is 0. The van der Waals surface area contributed by atoms with E-state index in [0.717, 1.165) is 84.9 Å². The normalized spacial score (nSPS) is 11.6. The van der Waals surface area contributed by atoms with Crippen LogP contribution in [0.4, 0.5) is 0 Å². The van der Waals surface area contributed by atoms with Gasteiger partial charge in [-0.05, 0) is 89.6 Å². The third-order valence-corrected chi connectivity index (χ3v) is 12.6. The van der Waals surface area contributed by atoms with Gasteiger partial charge < -0.3 is 10.2 Å². The van der Waals surface area contributed by atoms with E-state index in [1.807, 2.05) is 24.3 Å². The first-order valence-corrected chi connectivity index (χ1v) is 18.9. The van der Waals surface area contributed by atoms with Gasteiger partial charge in [-0.15, -0.1) is 22.7 Å². The second-order valence-corrected chi connectivity index (χ2v) is 15.3. The topological polar surface area (TPSA) is 40.5 Å². The van der Waals surface area contributed by atoms with Gasteiger partial charge in [0.25, 0.3) is 0 Å². The Morgan fingerprint density at radius 2 is 0.519 bits per heavy atom. The Hall–Kier alpha value is -6.20. The molecule has 10 rings (SSSR count). The van der Waals surface area contributed by atoms with Crippen molar-refractivity contribution in [2.24, 2.45) is 0 Å². The van der Waals surface area contributed by atoms with Gasteiger partial charge in [-0.1, -0.05) is 146 Å². The molecule has 0 aliphatic heterocycles. The molecule has 0 aliphatic carbocycles. The Labute approximate surface area is 308 Å². The highest BCUT2D eigenvalue weighted by atomic mass is 32.1. The van der Waals surface area contributed by atoms with Gasteiger partial charge >= 0.3 is 0 Å². The van der Waals surface area contributed by atoms with Crippen molar-refractivity contribution in [2.45, 2.75) is 0 Å². The van der Waals surface area contributed by atoms with E-state index in [2.05, 4.69) is 146 Å². The van der Waals surface area contributed by atoms with E-state index in [-0.39, 0.29) is 11.5 Å². The van der Waals surface area contributed by atoms with Crippen LogP contribution >= 0.6 is 22.7 Å². The molecule has 0 spiro atoms. The second kappa shape index (κ2) is 12.2. The molecule has 0 aliphatic rings. The second-order valence-electron chi connectivity index (χ2n) is 13.2. The van der Waals surface area contributed by atoms with Crippen molar-refractivity contribution in [1.82, 2.24) is 0 Å². The Morgan fingerprint density at radius 3 is 0.808 bits per heavy atom. The number of benzene rings is 8. The molecule has 8 aromatic carbocycles. The number of hydrogen-bond donors (Lipinski definition) is 2.